The second-order valence-corrected chi connectivity index (χ2v) is 5.64. The SMILES string of the molecule is CCN(CC)C(=O)C(C)NCc1cc(Cl)ccc1Br. The second kappa shape index (κ2) is 7.88. The van der Waals surface area contributed by atoms with Gasteiger partial charge >= 0.3 is 0 Å². The highest BCUT2D eigenvalue weighted by Gasteiger charge is 2.17. The van der Waals surface area contributed by atoms with Gasteiger partial charge in [0.25, 0.3) is 0 Å². The van der Waals surface area contributed by atoms with Gasteiger partial charge in [0.2, 0.25) is 5.91 Å². The van der Waals surface area contributed by atoms with Crippen LogP contribution in [0.5, 0.6) is 0 Å². The molecule has 0 saturated heterocycles. The van der Waals surface area contributed by atoms with Gasteiger partial charge in [-0.3, -0.25) is 4.79 Å². The number of nitrogens with one attached hydrogen (secondary N) is 1. The molecule has 0 aliphatic rings. The molecule has 19 heavy (non-hydrogen) atoms. The molecule has 0 fully saturated rings. The fourth-order valence-electron chi connectivity index (χ4n) is 1.84. The van der Waals surface area contributed by atoms with Crippen LogP contribution in [0.15, 0.2) is 22.7 Å². The summed E-state index contributed by atoms with van der Waals surface area (Å²) in [6, 6.07) is 5.44. The quantitative estimate of drug-likeness (QED) is 0.855. The highest BCUT2D eigenvalue weighted by Crippen LogP contribution is 2.21. The number of rotatable bonds is 6. The van der Waals surface area contributed by atoms with Crippen LogP contribution < -0.4 is 5.32 Å². The minimum absolute atomic E-state index is 0.128. The Kier molecular flexibility index (Phi) is 6.83. The van der Waals surface area contributed by atoms with Crippen molar-refractivity contribution in [3.63, 3.8) is 0 Å². The van der Waals surface area contributed by atoms with Crippen LogP contribution >= 0.6 is 27.5 Å². The van der Waals surface area contributed by atoms with Gasteiger partial charge in [-0.05, 0) is 44.5 Å². The molecule has 0 saturated carbocycles. The molecule has 1 aromatic carbocycles. The zero-order valence-electron chi connectivity index (χ0n) is 11.5. The standard InChI is InChI=1S/C14H20BrClN2O/c1-4-18(5-2)14(19)10(3)17-9-11-8-12(16)6-7-13(11)15/h6-8,10,17H,4-5,9H2,1-3H3. The van der Waals surface area contributed by atoms with E-state index in [-0.39, 0.29) is 11.9 Å². The first-order chi connectivity index (χ1) is 8.99. The van der Waals surface area contributed by atoms with Crippen molar-refractivity contribution in [1.82, 2.24) is 10.2 Å². The van der Waals surface area contributed by atoms with Crippen LogP contribution in [-0.2, 0) is 11.3 Å². The first-order valence-electron chi connectivity index (χ1n) is 6.45. The summed E-state index contributed by atoms with van der Waals surface area (Å²) in [6.07, 6.45) is 0. The van der Waals surface area contributed by atoms with E-state index in [1.165, 1.54) is 0 Å². The van der Waals surface area contributed by atoms with Crippen molar-refractivity contribution in [2.75, 3.05) is 13.1 Å². The molecule has 1 aromatic rings. The first-order valence-corrected chi connectivity index (χ1v) is 7.62. The van der Waals surface area contributed by atoms with E-state index in [9.17, 15) is 4.79 Å². The van der Waals surface area contributed by atoms with Crippen molar-refractivity contribution >= 4 is 33.4 Å². The fraction of sp³-hybridized carbons (Fsp3) is 0.500. The van der Waals surface area contributed by atoms with E-state index >= 15 is 0 Å². The predicted molar refractivity (Wildman–Crippen MR) is 83.4 cm³/mol. The molecule has 3 nitrogen and oxygen atoms in total. The van der Waals surface area contributed by atoms with Crippen molar-refractivity contribution in [3.8, 4) is 0 Å². The molecule has 1 rings (SSSR count). The molecule has 1 N–H and O–H groups in total. The van der Waals surface area contributed by atoms with Crippen LogP contribution in [0.1, 0.15) is 26.3 Å². The highest BCUT2D eigenvalue weighted by atomic mass is 79.9. The Labute approximate surface area is 128 Å². The molecule has 0 aliphatic heterocycles. The Morgan fingerprint density at radius 3 is 2.63 bits per heavy atom. The van der Waals surface area contributed by atoms with Gasteiger partial charge in [0, 0.05) is 29.1 Å². The average Bonchev–Trinajstić information content (AvgIpc) is 2.40. The predicted octanol–water partition coefficient (Wildman–Crippen LogP) is 3.45. The number of hydrogen-bond acceptors (Lipinski definition) is 2. The Morgan fingerprint density at radius 1 is 1.42 bits per heavy atom. The lowest BCUT2D eigenvalue weighted by Gasteiger charge is -2.23. The number of benzene rings is 1. The Hall–Kier alpha value is -0.580. The number of halogens is 2. The average molecular weight is 348 g/mol. The van der Waals surface area contributed by atoms with Crippen LogP contribution in [-0.4, -0.2) is 29.9 Å². The van der Waals surface area contributed by atoms with Crippen LogP contribution in [0.3, 0.4) is 0 Å². The largest absolute Gasteiger partial charge is 0.342 e. The minimum Gasteiger partial charge on any atom is -0.342 e. The third-order valence-electron chi connectivity index (χ3n) is 3.05. The molecule has 0 aliphatic carbocycles. The van der Waals surface area contributed by atoms with Gasteiger partial charge < -0.3 is 10.2 Å². The number of carbonyl (C=O) groups is 1. The van der Waals surface area contributed by atoms with Gasteiger partial charge in [-0.1, -0.05) is 27.5 Å². The van der Waals surface area contributed by atoms with Gasteiger partial charge in [0.15, 0.2) is 0 Å². The number of hydrogen-bond donors (Lipinski definition) is 1. The van der Waals surface area contributed by atoms with Crippen molar-refractivity contribution < 1.29 is 4.79 Å². The third-order valence-corrected chi connectivity index (χ3v) is 4.06. The smallest absolute Gasteiger partial charge is 0.239 e. The lowest BCUT2D eigenvalue weighted by molar-refractivity contribution is -0.132. The molecular formula is C14H20BrClN2O. The van der Waals surface area contributed by atoms with E-state index in [1.54, 1.807) is 0 Å². The molecule has 0 spiro atoms. The van der Waals surface area contributed by atoms with Crippen LogP contribution in [0, 0.1) is 0 Å². The summed E-state index contributed by atoms with van der Waals surface area (Å²) in [5, 5.41) is 3.93. The molecule has 5 heteroatoms. The highest BCUT2D eigenvalue weighted by molar-refractivity contribution is 9.10. The Balaban J connectivity index is 2.61. The first kappa shape index (κ1) is 16.5. The second-order valence-electron chi connectivity index (χ2n) is 4.35. The van der Waals surface area contributed by atoms with Gasteiger partial charge in [0.1, 0.15) is 0 Å². The maximum atomic E-state index is 12.1. The molecular weight excluding hydrogens is 328 g/mol. The van der Waals surface area contributed by atoms with E-state index in [0.29, 0.717) is 11.6 Å². The normalized spacial score (nSPS) is 12.3. The van der Waals surface area contributed by atoms with Gasteiger partial charge in [0.05, 0.1) is 6.04 Å². The number of amides is 1. The van der Waals surface area contributed by atoms with Crippen LogP contribution in [0.25, 0.3) is 0 Å². The zero-order valence-corrected chi connectivity index (χ0v) is 13.9. The molecule has 0 aromatic heterocycles. The summed E-state index contributed by atoms with van der Waals surface area (Å²) in [7, 11) is 0. The molecule has 1 atom stereocenters. The summed E-state index contributed by atoms with van der Waals surface area (Å²) in [4.78, 5) is 13.9. The molecule has 0 radical (unpaired) electrons. The summed E-state index contributed by atoms with van der Waals surface area (Å²) >= 11 is 9.45. The molecule has 0 bridgehead atoms. The molecule has 106 valence electrons. The van der Waals surface area contributed by atoms with Crippen LogP contribution in [0.2, 0.25) is 5.02 Å². The summed E-state index contributed by atoms with van der Waals surface area (Å²) in [5.74, 6) is 0.128. The number of nitrogens with zero attached hydrogens (tertiary/aromatic N) is 1. The lowest BCUT2D eigenvalue weighted by Crippen LogP contribution is -2.44. The summed E-state index contributed by atoms with van der Waals surface area (Å²) in [6.45, 7) is 7.95. The van der Waals surface area contributed by atoms with Gasteiger partial charge in [-0.25, -0.2) is 0 Å². The minimum atomic E-state index is -0.203. The maximum absolute atomic E-state index is 12.1. The molecule has 1 unspecified atom stereocenters. The van der Waals surface area contributed by atoms with Gasteiger partial charge in [-0.2, -0.15) is 0 Å². The zero-order chi connectivity index (χ0) is 14.4. The van der Waals surface area contributed by atoms with E-state index in [1.807, 2.05) is 43.9 Å². The van der Waals surface area contributed by atoms with E-state index in [2.05, 4.69) is 21.2 Å². The monoisotopic (exact) mass is 346 g/mol. The maximum Gasteiger partial charge on any atom is 0.239 e. The van der Waals surface area contributed by atoms with Crippen molar-refractivity contribution in [2.45, 2.75) is 33.4 Å². The number of carbonyl (C=O) groups excluding carboxylic acids is 1. The molecule has 0 heterocycles. The van der Waals surface area contributed by atoms with E-state index < -0.39 is 0 Å². The van der Waals surface area contributed by atoms with Crippen molar-refractivity contribution in [2.24, 2.45) is 0 Å². The third kappa shape index (κ3) is 4.79. The van der Waals surface area contributed by atoms with Crippen molar-refractivity contribution in [1.29, 1.82) is 0 Å². The number of likely N-dealkylation sites (N-methyl/N-ethyl adjacent to an activating group) is 1. The van der Waals surface area contributed by atoms with E-state index in [4.69, 9.17) is 11.6 Å². The lowest BCUT2D eigenvalue weighted by atomic mass is 10.2. The summed E-state index contributed by atoms with van der Waals surface area (Å²) in [5.41, 5.74) is 1.05. The van der Waals surface area contributed by atoms with Crippen LogP contribution in [0.4, 0.5) is 0 Å². The fourth-order valence-corrected chi connectivity index (χ4v) is 2.42. The van der Waals surface area contributed by atoms with E-state index in [0.717, 1.165) is 23.1 Å². The Bertz CT molecular complexity index is 435. The summed E-state index contributed by atoms with van der Waals surface area (Å²) < 4.78 is 0.992. The molecule has 1 amide bonds. The van der Waals surface area contributed by atoms with Gasteiger partial charge in [-0.15, -0.1) is 0 Å². The Morgan fingerprint density at radius 2 is 2.05 bits per heavy atom. The van der Waals surface area contributed by atoms with Crippen molar-refractivity contribution in [3.05, 3.63) is 33.3 Å². The topological polar surface area (TPSA) is 32.3 Å².